The van der Waals surface area contributed by atoms with Gasteiger partial charge in [-0.3, -0.25) is 10.2 Å². The first-order chi connectivity index (χ1) is 14.6. The molecule has 1 aromatic heterocycles. The number of carbonyl (C=O) groups is 2. The maximum Gasteiger partial charge on any atom is 0.317 e. The third-order valence-electron chi connectivity index (χ3n) is 4.84. The molecule has 3 amide bonds. The van der Waals surface area contributed by atoms with E-state index in [-0.39, 0.29) is 29.3 Å². The number of aromatic nitrogens is 2. The highest BCUT2D eigenvalue weighted by molar-refractivity contribution is 7.89. The van der Waals surface area contributed by atoms with E-state index in [0.717, 1.165) is 0 Å². The Morgan fingerprint density at radius 2 is 2.10 bits per heavy atom. The molecule has 1 aromatic carbocycles. The van der Waals surface area contributed by atoms with E-state index in [0.29, 0.717) is 24.2 Å². The molecule has 3 rings (SSSR count). The summed E-state index contributed by atoms with van der Waals surface area (Å²) in [6, 6.07) is 2.30. The van der Waals surface area contributed by atoms with Crippen LogP contribution in [0.5, 0.6) is 0 Å². The number of carbonyl (C=O) groups excluding carboxylic acids is 2. The Labute approximate surface area is 183 Å². The highest BCUT2D eigenvalue weighted by Crippen LogP contribution is 2.27. The van der Waals surface area contributed by atoms with Gasteiger partial charge in [-0.05, 0) is 24.5 Å². The zero-order valence-corrected chi connectivity index (χ0v) is 18.4. The molecule has 2 heterocycles. The van der Waals surface area contributed by atoms with E-state index >= 15 is 0 Å². The molecule has 1 atom stereocenters. The van der Waals surface area contributed by atoms with E-state index in [1.165, 1.54) is 30.4 Å². The zero-order chi connectivity index (χ0) is 22.8. The second-order valence-corrected chi connectivity index (χ2v) is 9.41. The van der Waals surface area contributed by atoms with Crippen LogP contribution in [0.2, 0.25) is 5.02 Å². The van der Waals surface area contributed by atoms with Crippen molar-refractivity contribution in [1.82, 2.24) is 30.0 Å². The number of likely N-dealkylation sites (tertiary alicyclic amines) is 1. The molecule has 0 saturated carbocycles. The Balaban J connectivity index is 1.66. The first kappa shape index (κ1) is 23.0. The zero-order valence-electron chi connectivity index (χ0n) is 16.9. The van der Waals surface area contributed by atoms with Gasteiger partial charge in [-0.25, -0.2) is 22.6 Å². The van der Waals surface area contributed by atoms with Gasteiger partial charge in [0, 0.05) is 38.9 Å². The summed E-state index contributed by atoms with van der Waals surface area (Å²) in [5.41, 5.74) is 2.46. The minimum Gasteiger partial charge on any atom is -0.341 e. The van der Waals surface area contributed by atoms with Crippen molar-refractivity contribution >= 4 is 33.6 Å². The number of hydrogen-bond acceptors (Lipinski definition) is 5. The number of rotatable bonds is 6. The summed E-state index contributed by atoms with van der Waals surface area (Å²) in [6.45, 7) is 0.723. The van der Waals surface area contributed by atoms with Crippen LogP contribution in [0, 0.1) is 11.7 Å². The predicted molar refractivity (Wildman–Crippen MR) is 112 cm³/mol. The van der Waals surface area contributed by atoms with Crippen LogP contribution in [0.1, 0.15) is 16.8 Å². The van der Waals surface area contributed by atoms with Crippen molar-refractivity contribution in [2.75, 3.05) is 25.9 Å². The van der Waals surface area contributed by atoms with Gasteiger partial charge in [-0.2, -0.15) is 0 Å². The molecule has 0 spiro atoms. The van der Waals surface area contributed by atoms with Crippen LogP contribution in [-0.4, -0.2) is 60.7 Å². The number of nitrogens with one attached hydrogen (secondary N) is 3. The number of nitrogens with zero attached hydrogens (tertiary/aromatic N) is 3. The van der Waals surface area contributed by atoms with Crippen molar-refractivity contribution in [2.24, 2.45) is 13.0 Å². The van der Waals surface area contributed by atoms with Crippen LogP contribution in [0.4, 0.5) is 9.18 Å². The van der Waals surface area contributed by atoms with Gasteiger partial charge < -0.3 is 14.8 Å². The SMILES string of the molecule is CNC(=O)N1CCC(CS(=O)(=O)NNC(=O)c2cc(-c3cn(C)cn3)cc(Cl)c2F)C1. The number of hydrazine groups is 1. The van der Waals surface area contributed by atoms with Gasteiger partial charge in [0.15, 0.2) is 5.82 Å². The predicted octanol–water partition coefficient (Wildman–Crippen LogP) is 1.11. The molecule has 10 nitrogen and oxygen atoms in total. The average molecular weight is 473 g/mol. The van der Waals surface area contributed by atoms with Crippen LogP contribution < -0.4 is 15.6 Å². The van der Waals surface area contributed by atoms with Crippen molar-refractivity contribution in [3.8, 4) is 11.3 Å². The lowest BCUT2D eigenvalue weighted by Gasteiger charge is -2.16. The van der Waals surface area contributed by atoms with Crippen LogP contribution >= 0.6 is 11.6 Å². The van der Waals surface area contributed by atoms with Crippen molar-refractivity contribution in [3.63, 3.8) is 0 Å². The number of hydrogen-bond donors (Lipinski definition) is 3. The molecular weight excluding hydrogens is 451 g/mol. The lowest BCUT2D eigenvalue weighted by Crippen LogP contribution is -2.44. The normalized spacial score (nSPS) is 16.4. The Hall–Kier alpha value is -2.70. The second-order valence-electron chi connectivity index (χ2n) is 7.24. The fraction of sp³-hybridized carbons (Fsp3) is 0.389. The number of halogens is 2. The number of urea groups is 1. The molecule has 0 bridgehead atoms. The van der Waals surface area contributed by atoms with Gasteiger partial charge in [-0.1, -0.05) is 11.6 Å². The summed E-state index contributed by atoms with van der Waals surface area (Å²) in [7, 11) is -0.667. The smallest absolute Gasteiger partial charge is 0.317 e. The molecule has 13 heteroatoms. The second kappa shape index (κ2) is 9.20. The van der Waals surface area contributed by atoms with E-state index in [9.17, 15) is 22.4 Å². The number of benzene rings is 1. The molecular formula is C18H22ClFN6O4S. The third-order valence-corrected chi connectivity index (χ3v) is 6.43. The molecule has 1 saturated heterocycles. The van der Waals surface area contributed by atoms with Gasteiger partial charge in [0.05, 0.1) is 28.4 Å². The number of aryl methyl sites for hydroxylation is 1. The minimum atomic E-state index is -3.92. The first-order valence-corrected chi connectivity index (χ1v) is 11.4. The monoisotopic (exact) mass is 472 g/mol. The number of amides is 3. The van der Waals surface area contributed by atoms with Crippen molar-refractivity contribution in [1.29, 1.82) is 0 Å². The molecule has 0 aliphatic carbocycles. The fourth-order valence-electron chi connectivity index (χ4n) is 3.32. The average Bonchev–Trinajstić information content (AvgIpc) is 3.36. The van der Waals surface area contributed by atoms with E-state index in [2.05, 4.69) is 10.3 Å². The van der Waals surface area contributed by atoms with Crippen molar-refractivity contribution in [3.05, 3.63) is 41.1 Å². The summed E-state index contributed by atoms with van der Waals surface area (Å²) in [6.07, 6.45) is 3.71. The highest BCUT2D eigenvalue weighted by atomic mass is 35.5. The molecule has 168 valence electrons. The molecule has 1 aliphatic rings. The van der Waals surface area contributed by atoms with E-state index in [4.69, 9.17) is 11.6 Å². The molecule has 1 fully saturated rings. The standard InChI is InChI=1S/C18H22ClFN6O4S/c1-21-18(28)26-4-3-11(7-26)9-31(29,30)24-23-17(27)13-5-12(6-14(19)16(13)20)15-8-25(2)10-22-15/h5-6,8,10-11,24H,3-4,7,9H2,1-2H3,(H,21,28)(H,23,27). The summed E-state index contributed by atoms with van der Waals surface area (Å²) in [5.74, 6) is -2.56. The van der Waals surface area contributed by atoms with Gasteiger partial charge in [0.1, 0.15) is 0 Å². The van der Waals surface area contributed by atoms with Crippen LogP contribution in [0.3, 0.4) is 0 Å². The highest BCUT2D eigenvalue weighted by Gasteiger charge is 2.30. The van der Waals surface area contributed by atoms with Crippen molar-refractivity contribution < 1.29 is 22.4 Å². The Morgan fingerprint density at radius 3 is 2.74 bits per heavy atom. The largest absolute Gasteiger partial charge is 0.341 e. The molecule has 3 N–H and O–H groups in total. The Kier molecular flexibility index (Phi) is 6.82. The van der Waals surface area contributed by atoms with Crippen LogP contribution in [-0.2, 0) is 17.1 Å². The van der Waals surface area contributed by atoms with Gasteiger partial charge in [0.25, 0.3) is 5.91 Å². The minimum absolute atomic E-state index is 0.277. The van der Waals surface area contributed by atoms with Crippen LogP contribution in [0.15, 0.2) is 24.7 Å². The van der Waals surface area contributed by atoms with E-state index in [1.54, 1.807) is 17.8 Å². The van der Waals surface area contributed by atoms with Gasteiger partial charge in [-0.15, -0.1) is 4.83 Å². The summed E-state index contributed by atoms with van der Waals surface area (Å²) >= 11 is 5.91. The van der Waals surface area contributed by atoms with Crippen molar-refractivity contribution in [2.45, 2.75) is 6.42 Å². The molecule has 0 radical (unpaired) electrons. The summed E-state index contributed by atoms with van der Waals surface area (Å²) in [4.78, 5) is 31.7. The lowest BCUT2D eigenvalue weighted by atomic mass is 10.1. The van der Waals surface area contributed by atoms with Gasteiger partial charge >= 0.3 is 6.03 Å². The maximum atomic E-state index is 14.4. The number of imidazole rings is 1. The maximum absolute atomic E-state index is 14.4. The van der Waals surface area contributed by atoms with Crippen LogP contribution in [0.25, 0.3) is 11.3 Å². The Morgan fingerprint density at radius 1 is 1.35 bits per heavy atom. The summed E-state index contributed by atoms with van der Waals surface area (Å²) in [5, 5.41) is 2.19. The van der Waals surface area contributed by atoms with E-state index in [1.807, 2.05) is 10.3 Å². The molecule has 1 unspecified atom stereocenters. The Bertz CT molecular complexity index is 1110. The summed E-state index contributed by atoms with van der Waals surface area (Å²) < 4.78 is 40.8. The lowest BCUT2D eigenvalue weighted by molar-refractivity contribution is 0.0941. The fourth-order valence-corrected chi connectivity index (χ4v) is 4.76. The topological polar surface area (TPSA) is 125 Å². The number of sulfonamides is 1. The third kappa shape index (κ3) is 5.51. The quantitative estimate of drug-likeness (QED) is 0.543. The first-order valence-electron chi connectivity index (χ1n) is 9.33. The van der Waals surface area contributed by atoms with Gasteiger partial charge in [0.2, 0.25) is 10.0 Å². The molecule has 2 aromatic rings. The van der Waals surface area contributed by atoms with E-state index < -0.39 is 27.3 Å². The molecule has 31 heavy (non-hydrogen) atoms. The molecule has 1 aliphatic heterocycles.